The van der Waals surface area contributed by atoms with Crippen LogP contribution in [0.5, 0.6) is 5.75 Å². The van der Waals surface area contributed by atoms with Gasteiger partial charge in [0.15, 0.2) is 11.7 Å². The summed E-state index contributed by atoms with van der Waals surface area (Å²) < 4.78 is 43.0. The predicted molar refractivity (Wildman–Crippen MR) is 96.6 cm³/mol. The molecule has 0 aliphatic rings. The van der Waals surface area contributed by atoms with Crippen LogP contribution in [0, 0.1) is 0 Å². The van der Waals surface area contributed by atoms with E-state index in [1.165, 1.54) is 0 Å². The fourth-order valence-electron chi connectivity index (χ4n) is 2.18. The van der Waals surface area contributed by atoms with Crippen LogP contribution in [0.25, 0.3) is 0 Å². The van der Waals surface area contributed by atoms with Gasteiger partial charge in [0, 0.05) is 30.5 Å². The summed E-state index contributed by atoms with van der Waals surface area (Å²) in [6.07, 6.45) is -4.01. The molecule has 0 saturated carbocycles. The Hall–Kier alpha value is -2.29. The number of ether oxygens (including phenoxy) is 1. The molecule has 5 nitrogen and oxygen atoms in total. The Labute approximate surface area is 154 Å². The number of thiazole rings is 1. The van der Waals surface area contributed by atoms with Gasteiger partial charge in [-0.3, -0.25) is 0 Å². The number of para-hydroxylation sites is 1. The van der Waals surface area contributed by atoms with Crippen LogP contribution in [0.2, 0.25) is 0 Å². The van der Waals surface area contributed by atoms with Gasteiger partial charge in [0.1, 0.15) is 5.75 Å². The maximum atomic E-state index is 12.6. The zero-order chi connectivity index (χ0) is 19.0. The van der Waals surface area contributed by atoms with Crippen LogP contribution in [0.3, 0.4) is 0 Å². The van der Waals surface area contributed by atoms with Crippen molar-refractivity contribution in [2.45, 2.75) is 26.1 Å². The van der Waals surface area contributed by atoms with E-state index in [9.17, 15) is 13.2 Å². The van der Waals surface area contributed by atoms with Gasteiger partial charge in [-0.15, -0.1) is 11.3 Å². The number of alkyl halides is 3. The van der Waals surface area contributed by atoms with E-state index < -0.39 is 11.9 Å². The summed E-state index contributed by atoms with van der Waals surface area (Å²) in [6.45, 7) is 3.47. The van der Waals surface area contributed by atoms with Crippen molar-refractivity contribution in [3.8, 4) is 5.75 Å². The molecule has 0 fully saturated rings. The van der Waals surface area contributed by atoms with E-state index >= 15 is 0 Å². The number of nitrogens with one attached hydrogen (secondary N) is 2. The van der Waals surface area contributed by atoms with E-state index in [1.807, 2.05) is 31.2 Å². The third-order valence-corrected chi connectivity index (χ3v) is 4.33. The van der Waals surface area contributed by atoms with Crippen molar-refractivity contribution >= 4 is 17.3 Å². The molecule has 0 unspecified atom stereocenters. The summed E-state index contributed by atoms with van der Waals surface area (Å²) in [4.78, 5) is 8.10. The molecular formula is C17H21F3N4OS. The first-order valence-corrected chi connectivity index (χ1v) is 8.97. The van der Waals surface area contributed by atoms with E-state index in [-0.39, 0.29) is 0 Å². The first kappa shape index (κ1) is 20.0. The van der Waals surface area contributed by atoms with Gasteiger partial charge in [0.25, 0.3) is 0 Å². The number of benzene rings is 1. The summed E-state index contributed by atoms with van der Waals surface area (Å²) in [7, 11) is 1.61. The fraction of sp³-hybridized carbons (Fsp3) is 0.412. The van der Waals surface area contributed by atoms with E-state index in [4.69, 9.17) is 4.74 Å². The Morgan fingerprint density at radius 1 is 1.27 bits per heavy atom. The number of rotatable bonds is 7. The van der Waals surface area contributed by atoms with E-state index in [0.717, 1.165) is 28.0 Å². The number of aliphatic imine (C=N–C) groups is 1. The lowest BCUT2D eigenvalue weighted by molar-refractivity contribution is -0.140. The number of aromatic nitrogens is 1. The number of guanidine groups is 1. The normalized spacial score (nSPS) is 12.1. The molecule has 9 heteroatoms. The van der Waals surface area contributed by atoms with Gasteiger partial charge in [0.2, 0.25) is 0 Å². The molecule has 2 N–H and O–H groups in total. The standard InChI is InChI=1S/C17H21F3N4OS/c1-3-21-16(23-10-12-6-4-5-7-13(12)25-2)22-9-8-15-24-14(11-26-15)17(18,19)20/h4-7,11H,3,8-10H2,1-2H3,(H2,21,22,23). The van der Waals surface area contributed by atoms with E-state index in [2.05, 4.69) is 20.6 Å². The lowest BCUT2D eigenvalue weighted by Crippen LogP contribution is -2.38. The number of hydrogen-bond donors (Lipinski definition) is 2. The van der Waals surface area contributed by atoms with Crippen LogP contribution < -0.4 is 15.4 Å². The monoisotopic (exact) mass is 386 g/mol. The maximum absolute atomic E-state index is 12.6. The highest BCUT2D eigenvalue weighted by Crippen LogP contribution is 2.30. The van der Waals surface area contributed by atoms with Crippen LogP contribution in [-0.2, 0) is 19.1 Å². The first-order valence-electron chi connectivity index (χ1n) is 8.09. The SMILES string of the molecule is CCNC(=NCc1ccccc1OC)NCCc1nc(C(F)(F)F)cs1. The minimum atomic E-state index is -4.40. The van der Waals surface area contributed by atoms with Crippen LogP contribution >= 0.6 is 11.3 Å². The molecule has 0 saturated heterocycles. The van der Waals surface area contributed by atoms with Gasteiger partial charge in [-0.05, 0) is 13.0 Å². The van der Waals surface area contributed by atoms with Gasteiger partial charge in [0.05, 0.1) is 18.7 Å². The fourth-order valence-corrected chi connectivity index (χ4v) is 2.99. The molecular weight excluding hydrogens is 365 g/mol. The average Bonchev–Trinajstić information content (AvgIpc) is 3.09. The lowest BCUT2D eigenvalue weighted by atomic mass is 10.2. The molecule has 1 aromatic carbocycles. The minimum absolute atomic E-state index is 0.389. The van der Waals surface area contributed by atoms with Crippen molar-refractivity contribution in [2.75, 3.05) is 20.2 Å². The summed E-state index contributed by atoms with van der Waals surface area (Å²) in [5.74, 6) is 1.35. The minimum Gasteiger partial charge on any atom is -0.496 e. The lowest BCUT2D eigenvalue weighted by Gasteiger charge is -2.11. The highest BCUT2D eigenvalue weighted by Gasteiger charge is 2.33. The second-order valence-electron chi connectivity index (χ2n) is 5.31. The molecule has 1 heterocycles. The smallest absolute Gasteiger partial charge is 0.434 e. The number of methoxy groups -OCH3 is 1. The van der Waals surface area contributed by atoms with Gasteiger partial charge in [-0.1, -0.05) is 18.2 Å². The zero-order valence-corrected chi connectivity index (χ0v) is 15.4. The van der Waals surface area contributed by atoms with Crippen LogP contribution in [0.1, 0.15) is 23.2 Å². The second kappa shape index (κ2) is 9.42. The zero-order valence-electron chi connectivity index (χ0n) is 14.6. The third kappa shape index (κ3) is 5.91. The molecule has 0 aliphatic carbocycles. The Kier molecular flexibility index (Phi) is 7.26. The van der Waals surface area contributed by atoms with E-state index in [1.54, 1.807) is 7.11 Å². The van der Waals surface area contributed by atoms with Crippen LogP contribution in [0.15, 0.2) is 34.6 Å². The number of nitrogens with zero attached hydrogens (tertiary/aromatic N) is 2. The molecule has 2 aromatic rings. The second-order valence-corrected chi connectivity index (χ2v) is 6.25. The number of hydrogen-bond acceptors (Lipinski definition) is 4. The molecule has 0 bridgehead atoms. The van der Waals surface area contributed by atoms with Gasteiger partial charge >= 0.3 is 6.18 Å². The van der Waals surface area contributed by atoms with Crippen molar-refractivity contribution in [2.24, 2.45) is 4.99 Å². The highest BCUT2D eigenvalue weighted by atomic mass is 32.1. The van der Waals surface area contributed by atoms with Gasteiger partial charge < -0.3 is 15.4 Å². The molecule has 0 aliphatic heterocycles. The molecule has 26 heavy (non-hydrogen) atoms. The van der Waals surface area contributed by atoms with Crippen LogP contribution in [-0.4, -0.2) is 31.1 Å². The number of halogens is 3. The molecule has 0 radical (unpaired) electrons. The predicted octanol–water partition coefficient (Wildman–Crippen LogP) is 3.47. The average molecular weight is 386 g/mol. The molecule has 2 rings (SSSR count). The molecule has 1 aromatic heterocycles. The van der Waals surface area contributed by atoms with Gasteiger partial charge in [-0.2, -0.15) is 13.2 Å². The highest BCUT2D eigenvalue weighted by molar-refractivity contribution is 7.09. The molecule has 0 amide bonds. The molecule has 0 atom stereocenters. The Morgan fingerprint density at radius 2 is 2.04 bits per heavy atom. The van der Waals surface area contributed by atoms with E-state index in [0.29, 0.717) is 37.0 Å². The van der Waals surface area contributed by atoms with Crippen molar-refractivity contribution in [3.05, 3.63) is 45.9 Å². The van der Waals surface area contributed by atoms with Crippen molar-refractivity contribution in [1.82, 2.24) is 15.6 Å². The maximum Gasteiger partial charge on any atom is 0.434 e. The topological polar surface area (TPSA) is 58.5 Å². The summed E-state index contributed by atoms with van der Waals surface area (Å²) in [5.41, 5.74) is 0.108. The van der Waals surface area contributed by atoms with Crippen LogP contribution in [0.4, 0.5) is 13.2 Å². The molecule has 142 valence electrons. The Morgan fingerprint density at radius 3 is 2.69 bits per heavy atom. The van der Waals surface area contributed by atoms with Crippen molar-refractivity contribution < 1.29 is 17.9 Å². The molecule has 0 spiro atoms. The Balaban J connectivity index is 1.92. The van der Waals surface area contributed by atoms with Crippen molar-refractivity contribution in [1.29, 1.82) is 0 Å². The third-order valence-electron chi connectivity index (χ3n) is 3.42. The quantitative estimate of drug-likeness (QED) is 0.565. The first-order chi connectivity index (χ1) is 12.4. The summed E-state index contributed by atoms with van der Waals surface area (Å²) >= 11 is 1.01. The van der Waals surface area contributed by atoms with Gasteiger partial charge in [-0.25, -0.2) is 9.98 Å². The van der Waals surface area contributed by atoms with Crippen molar-refractivity contribution in [3.63, 3.8) is 0 Å². The Bertz CT molecular complexity index is 731. The summed E-state index contributed by atoms with van der Waals surface area (Å²) in [6, 6.07) is 7.60. The summed E-state index contributed by atoms with van der Waals surface area (Å²) in [5, 5.41) is 7.69. The largest absolute Gasteiger partial charge is 0.496 e.